The molecule has 0 atom stereocenters. The lowest BCUT2D eigenvalue weighted by atomic mass is 9.77. The highest BCUT2D eigenvalue weighted by Crippen LogP contribution is 2.30. The first-order valence-electron chi connectivity index (χ1n) is 6.83. The van der Waals surface area contributed by atoms with Crippen molar-refractivity contribution in [1.82, 2.24) is 5.32 Å². The van der Waals surface area contributed by atoms with Gasteiger partial charge in [-0.15, -0.1) is 0 Å². The summed E-state index contributed by atoms with van der Waals surface area (Å²) in [5, 5.41) is 3.61. The number of rotatable bonds is 8. The predicted octanol–water partition coefficient (Wildman–Crippen LogP) is 3.87. The van der Waals surface area contributed by atoms with Gasteiger partial charge in [-0.3, -0.25) is 0 Å². The number of furan rings is 1. The van der Waals surface area contributed by atoms with Crippen LogP contribution in [0.2, 0.25) is 0 Å². The fourth-order valence-electron chi connectivity index (χ4n) is 2.26. The highest BCUT2D eigenvalue weighted by Gasteiger charge is 2.26. The third-order valence-electron chi connectivity index (χ3n) is 3.71. The van der Waals surface area contributed by atoms with E-state index in [-0.39, 0.29) is 0 Å². The van der Waals surface area contributed by atoms with E-state index < -0.39 is 0 Å². The minimum atomic E-state index is 0.374. The Bertz CT molecular complexity index is 286. The molecule has 0 bridgehead atoms. The van der Waals surface area contributed by atoms with Crippen LogP contribution < -0.4 is 5.32 Å². The zero-order valence-electron chi connectivity index (χ0n) is 11.8. The molecule has 17 heavy (non-hydrogen) atoms. The van der Waals surface area contributed by atoms with Gasteiger partial charge in [0, 0.05) is 6.54 Å². The molecule has 0 aromatic carbocycles. The maximum atomic E-state index is 5.17. The molecule has 0 aliphatic heterocycles. The smallest absolute Gasteiger partial charge is 0.0934 e. The van der Waals surface area contributed by atoms with Gasteiger partial charge in [-0.1, -0.05) is 27.7 Å². The maximum Gasteiger partial charge on any atom is 0.0934 e. The number of hydrogen-bond acceptors (Lipinski definition) is 2. The Morgan fingerprint density at radius 2 is 2.00 bits per heavy atom. The van der Waals surface area contributed by atoms with E-state index in [1.165, 1.54) is 18.4 Å². The third kappa shape index (κ3) is 4.55. The highest BCUT2D eigenvalue weighted by atomic mass is 16.3. The van der Waals surface area contributed by atoms with E-state index in [2.05, 4.69) is 39.1 Å². The predicted molar refractivity (Wildman–Crippen MR) is 73.1 cm³/mol. The molecule has 1 heterocycles. The lowest BCUT2D eigenvalue weighted by Gasteiger charge is -2.32. The zero-order chi connectivity index (χ0) is 12.7. The molecule has 0 fully saturated rings. The first-order valence-corrected chi connectivity index (χ1v) is 6.83. The van der Waals surface area contributed by atoms with Gasteiger partial charge in [0.15, 0.2) is 0 Å². The van der Waals surface area contributed by atoms with Crippen molar-refractivity contribution < 1.29 is 4.42 Å². The maximum absolute atomic E-state index is 5.17. The Balaban J connectivity index is 2.55. The Morgan fingerprint density at radius 1 is 1.29 bits per heavy atom. The lowest BCUT2D eigenvalue weighted by molar-refractivity contribution is 0.242. The van der Waals surface area contributed by atoms with E-state index in [4.69, 9.17) is 4.42 Å². The lowest BCUT2D eigenvalue weighted by Crippen LogP contribution is -2.36. The second-order valence-electron chi connectivity index (χ2n) is 5.54. The summed E-state index contributed by atoms with van der Waals surface area (Å²) in [5.41, 5.74) is 1.69. The fraction of sp³-hybridized carbons (Fsp3) is 0.733. The van der Waals surface area contributed by atoms with Crippen molar-refractivity contribution >= 4 is 0 Å². The number of nitrogens with one attached hydrogen (secondary N) is 1. The van der Waals surface area contributed by atoms with Gasteiger partial charge >= 0.3 is 0 Å². The monoisotopic (exact) mass is 237 g/mol. The van der Waals surface area contributed by atoms with E-state index >= 15 is 0 Å². The second-order valence-corrected chi connectivity index (χ2v) is 5.54. The molecule has 0 saturated heterocycles. The Morgan fingerprint density at radius 3 is 2.47 bits per heavy atom. The van der Waals surface area contributed by atoms with Gasteiger partial charge in [0.05, 0.1) is 12.5 Å². The van der Waals surface area contributed by atoms with Crippen molar-refractivity contribution in [2.75, 3.05) is 13.1 Å². The molecule has 2 heteroatoms. The van der Waals surface area contributed by atoms with Crippen LogP contribution in [-0.4, -0.2) is 13.1 Å². The molecule has 1 aromatic rings. The summed E-state index contributed by atoms with van der Waals surface area (Å²) in [4.78, 5) is 0. The van der Waals surface area contributed by atoms with E-state index in [0.717, 1.165) is 25.4 Å². The SMILES string of the molecule is CCC(CC)(CNCC(C)C)Cc1ccoc1. The molecule has 0 radical (unpaired) electrons. The summed E-state index contributed by atoms with van der Waals surface area (Å²) in [6, 6.07) is 2.09. The van der Waals surface area contributed by atoms with E-state index in [1.54, 1.807) is 6.26 Å². The molecule has 0 spiro atoms. The normalized spacial score (nSPS) is 12.3. The molecule has 1 N–H and O–H groups in total. The molecule has 0 saturated carbocycles. The summed E-state index contributed by atoms with van der Waals surface area (Å²) < 4.78 is 5.17. The molecule has 0 aliphatic carbocycles. The standard InChI is InChI=1S/C15H27NO/c1-5-15(6-2,12-16-10-13(3)4)9-14-7-8-17-11-14/h7-8,11,13,16H,5-6,9-10,12H2,1-4H3. The second kappa shape index (κ2) is 6.85. The summed E-state index contributed by atoms with van der Waals surface area (Å²) in [6.07, 6.45) is 7.18. The third-order valence-corrected chi connectivity index (χ3v) is 3.71. The molecule has 0 unspecified atom stereocenters. The molecule has 1 aromatic heterocycles. The average molecular weight is 237 g/mol. The van der Waals surface area contributed by atoms with Gasteiger partial charge in [-0.2, -0.15) is 0 Å². The molecular formula is C15H27NO. The van der Waals surface area contributed by atoms with Crippen molar-refractivity contribution in [2.24, 2.45) is 11.3 Å². The minimum absolute atomic E-state index is 0.374. The summed E-state index contributed by atoms with van der Waals surface area (Å²) in [7, 11) is 0. The fourth-order valence-corrected chi connectivity index (χ4v) is 2.26. The van der Waals surface area contributed by atoms with Gasteiger partial charge in [0.25, 0.3) is 0 Å². The minimum Gasteiger partial charge on any atom is -0.472 e. The van der Waals surface area contributed by atoms with E-state index in [9.17, 15) is 0 Å². The van der Waals surface area contributed by atoms with Crippen LogP contribution in [0.5, 0.6) is 0 Å². The van der Waals surface area contributed by atoms with Crippen LogP contribution in [0.3, 0.4) is 0 Å². The van der Waals surface area contributed by atoms with Crippen LogP contribution in [-0.2, 0) is 6.42 Å². The average Bonchev–Trinajstić information content (AvgIpc) is 2.80. The van der Waals surface area contributed by atoms with Crippen molar-refractivity contribution in [1.29, 1.82) is 0 Å². The van der Waals surface area contributed by atoms with Crippen LogP contribution in [0.15, 0.2) is 23.0 Å². The van der Waals surface area contributed by atoms with Gasteiger partial charge in [-0.25, -0.2) is 0 Å². The van der Waals surface area contributed by atoms with Crippen LogP contribution in [0.4, 0.5) is 0 Å². The van der Waals surface area contributed by atoms with Gasteiger partial charge < -0.3 is 9.73 Å². The quantitative estimate of drug-likeness (QED) is 0.742. The molecule has 2 nitrogen and oxygen atoms in total. The molecule has 98 valence electrons. The summed E-state index contributed by atoms with van der Waals surface area (Å²) >= 11 is 0. The first kappa shape index (κ1) is 14.3. The molecule has 0 aliphatic rings. The molecule has 0 amide bonds. The molecule has 1 rings (SSSR count). The zero-order valence-corrected chi connectivity index (χ0v) is 11.8. The highest BCUT2D eigenvalue weighted by molar-refractivity contribution is 5.09. The summed E-state index contributed by atoms with van der Waals surface area (Å²) in [5.74, 6) is 0.718. The van der Waals surface area contributed by atoms with Crippen LogP contribution in [0.25, 0.3) is 0 Å². The molecular weight excluding hydrogens is 210 g/mol. The van der Waals surface area contributed by atoms with Gasteiger partial charge in [-0.05, 0) is 48.8 Å². The Labute approximate surface area is 106 Å². The van der Waals surface area contributed by atoms with Gasteiger partial charge in [0.1, 0.15) is 0 Å². The van der Waals surface area contributed by atoms with Crippen molar-refractivity contribution in [3.8, 4) is 0 Å². The van der Waals surface area contributed by atoms with Crippen LogP contribution in [0, 0.1) is 11.3 Å². The van der Waals surface area contributed by atoms with Crippen molar-refractivity contribution in [2.45, 2.75) is 47.0 Å². The van der Waals surface area contributed by atoms with E-state index in [1.807, 2.05) is 6.26 Å². The van der Waals surface area contributed by atoms with Crippen LogP contribution >= 0.6 is 0 Å². The Kier molecular flexibility index (Phi) is 5.76. The van der Waals surface area contributed by atoms with Crippen molar-refractivity contribution in [3.63, 3.8) is 0 Å². The van der Waals surface area contributed by atoms with Gasteiger partial charge in [0.2, 0.25) is 0 Å². The first-order chi connectivity index (χ1) is 8.12. The van der Waals surface area contributed by atoms with E-state index in [0.29, 0.717) is 5.41 Å². The van der Waals surface area contributed by atoms with Crippen molar-refractivity contribution in [3.05, 3.63) is 24.2 Å². The Hall–Kier alpha value is -0.760. The topological polar surface area (TPSA) is 25.2 Å². The summed E-state index contributed by atoms with van der Waals surface area (Å²) in [6.45, 7) is 11.3. The number of hydrogen-bond donors (Lipinski definition) is 1. The van der Waals surface area contributed by atoms with Crippen LogP contribution in [0.1, 0.15) is 46.1 Å². The largest absolute Gasteiger partial charge is 0.472 e.